The van der Waals surface area contributed by atoms with Crippen LogP contribution in [0.25, 0.3) is 10.9 Å². The Labute approximate surface area is 151 Å². The quantitative estimate of drug-likeness (QED) is 0.714. The highest BCUT2D eigenvalue weighted by molar-refractivity contribution is 6.06. The monoisotopic (exact) mass is 352 g/mol. The summed E-state index contributed by atoms with van der Waals surface area (Å²) in [6, 6.07) is 14.5. The zero-order valence-electron chi connectivity index (χ0n) is 14.7. The fourth-order valence-corrected chi connectivity index (χ4v) is 2.71. The highest BCUT2D eigenvalue weighted by atomic mass is 16.5. The Morgan fingerprint density at radius 1 is 1.15 bits per heavy atom. The van der Waals surface area contributed by atoms with Gasteiger partial charge in [-0.3, -0.25) is 14.7 Å². The maximum absolute atomic E-state index is 12.8. The lowest BCUT2D eigenvalue weighted by Crippen LogP contribution is -2.38. The van der Waals surface area contributed by atoms with Crippen molar-refractivity contribution in [2.75, 3.05) is 25.5 Å². The second-order valence-electron chi connectivity index (χ2n) is 5.69. The molecule has 2 amide bonds. The number of benzene rings is 2. The Morgan fingerprint density at radius 2 is 1.88 bits per heavy atom. The van der Waals surface area contributed by atoms with Gasteiger partial charge < -0.3 is 15.0 Å². The first-order valence-electron chi connectivity index (χ1n) is 8.29. The van der Waals surface area contributed by atoms with Gasteiger partial charge in [0.1, 0.15) is 12.3 Å². The van der Waals surface area contributed by atoms with E-state index in [1.165, 1.54) is 12.0 Å². The Balaban J connectivity index is 1.74. The first-order valence-corrected chi connectivity index (χ1v) is 8.29. The number of anilines is 1. The fourth-order valence-electron chi connectivity index (χ4n) is 2.71. The molecule has 134 valence electrons. The third-order valence-electron chi connectivity index (χ3n) is 4.06. The predicted molar refractivity (Wildman–Crippen MR) is 99.3 cm³/mol. The third-order valence-corrected chi connectivity index (χ3v) is 4.06. The van der Waals surface area contributed by atoms with Gasteiger partial charge in [-0.25, -0.2) is 0 Å². The topological polar surface area (TPSA) is 87.3 Å². The Hall–Kier alpha value is -3.35. The standard InChI is InChI=1S/C19H20N4O3/c1-3-23(12-17(24)20-15-10-6-7-11-16(15)26-2)19(25)18-13-8-4-5-9-14(13)21-22-18/h4-11H,3,12H2,1-2H3,(H,20,24)(H,21,22). The largest absolute Gasteiger partial charge is 0.495 e. The molecule has 3 aromatic rings. The van der Waals surface area contributed by atoms with Crippen LogP contribution in [0.2, 0.25) is 0 Å². The number of likely N-dealkylation sites (N-methyl/N-ethyl adjacent to an activating group) is 1. The number of hydrogen-bond acceptors (Lipinski definition) is 4. The summed E-state index contributed by atoms with van der Waals surface area (Å²) in [5.74, 6) is -0.0295. The molecule has 0 aliphatic heterocycles. The van der Waals surface area contributed by atoms with Crippen LogP contribution in [0.5, 0.6) is 5.75 Å². The maximum atomic E-state index is 12.8. The van der Waals surface area contributed by atoms with E-state index in [-0.39, 0.29) is 18.4 Å². The van der Waals surface area contributed by atoms with Crippen molar-refractivity contribution in [1.29, 1.82) is 0 Å². The average molecular weight is 352 g/mol. The van der Waals surface area contributed by atoms with Gasteiger partial charge >= 0.3 is 0 Å². The van der Waals surface area contributed by atoms with Crippen LogP contribution in [0.15, 0.2) is 48.5 Å². The molecule has 2 aromatic carbocycles. The number of carbonyl (C=O) groups excluding carboxylic acids is 2. The lowest BCUT2D eigenvalue weighted by molar-refractivity contribution is -0.116. The van der Waals surface area contributed by atoms with Gasteiger partial charge in [0.25, 0.3) is 5.91 Å². The van der Waals surface area contributed by atoms with Crippen LogP contribution in [0, 0.1) is 0 Å². The van der Waals surface area contributed by atoms with E-state index in [1.54, 1.807) is 18.2 Å². The number of nitrogens with zero attached hydrogens (tertiary/aromatic N) is 2. The summed E-state index contributed by atoms with van der Waals surface area (Å²) in [6.45, 7) is 2.14. The highest BCUT2D eigenvalue weighted by Gasteiger charge is 2.22. The van der Waals surface area contributed by atoms with Crippen molar-refractivity contribution in [3.05, 3.63) is 54.2 Å². The van der Waals surface area contributed by atoms with Gasteiger partial charge in [-0.2, -0.15) is 5.10 Å². The van der Waals surface area contributed by atoms with E-state index < -0.39 is 0 Å². The number of H-pyrrole nitrogens is 1. The van der Waals surface area contributed by atoms with Crippen molar-refractivity contribution >= 4 is 28.4 Å². The normalized spacial score (nSPS) is 10.5. The van der Waals surface area contributed by atoms with Gasteiger partial charge in [-0.05, 0) is 25.1 Å². The number of amides is 2. The van der Waals surface area contributed by atoms with Gasteiger partial charge in [-0.15, -0.1) is 0 Å². The van der Waals surface area contributed by atoms with E-state index in [2.05, 4.69) is 15.5 Å². The summed E-state index contributed by atoms with van der Waals surface area (Å²) in [5.41, 5.74) is 1.66. The number of rotatable bonds is 6. The number of aromatic nitrogens is 2. The lowest BCUT2D eigenvalue weighted by Gasteiger charge is -2.20. The number of aromatic amines is 1. The van der Waals surface area contributed by atoms with Crippen molar-refractivity contribution in [3.8, 4) is 5.75 Å². The Bertz CT molecular complexity index is 935. The van der Waals surface area contributed by atoms with Crippen LogP contribution >= 0.6 is 0 Å². The van der Waals surface area contributed by atoms with Gasteiger partial charge in [0.15, 0.2) is 5.69 Å². The second kappa shape index (κ2) is 7.69. The molecule has 0 fully saturated rings. The van der Waals surface area contributed by atoms with Crippen molar-refractivity contribution < 1.29 is 14.3 Å². The molecular weight excluding hydrogens is 332 g/mol. The van der Waals surface area contributed by atoms with E-state index in [4.69, 9.17) is 4.74 Å². The molecule has 1 heterocycles. The van der Waals surface area contributed by atoms with E-state index in [0.29, 0.717) is 23.7 Å². The molecule has 3 rings (SSSR count). The molecule has 0 bridgehead atoms. The van der Waals surface area contributed by atoms with Gasteiger partial charge in [0.2, 0.25) is 5.91 Å². The second-order valence-corrected chi connectivity index (χ2v) is 5.69. The maximum Gasteiger partial charge on any atom is 0.275 e. The van der Waals surface area contributed by atoms with Crippen molar-refractivity contribution in [2.45, 2.75) is 6.92 Å². The smallest absolute Gasteiger partial charge is 0.275 e. The number of carbonyl (C=O) groups is 2. The van der Waals surface area contributed by atoms with E-state index >= 15 is 0 Å². The number of ether oxygens (including phenoxy) is 1. The predicted octanol–water partition coefficient (Wildman–Crippen LogP) is 2.67. The number of hydrogen-bond donors (Lipinski definition) is 2. The van der Waals surface area contributed by atoms with Crippen molar-refractivity contribution in [2.24, 2.45) is 0 Å². The summed E-state index contributed by atoms with van der Waals surface area (Å²) in [7, 11) is 1.54. The molecule has 0 radical (unpaired) electrons. The van der Waals surface area contributed by atoms with Gasteiger partial charge in [0, 0.05) is 11.9 Å². The van der Waals surface area contributed by atoms with Crippen LogP contribution in [-0.4, -0.2) is 47.1 Å². The van der Waals surface area contributed by atoms with E-state index in [9.17, 15) is 9.59 Å². The molecule has 0 aliphatic rings. The van der Waals surface area contributed by atoms with Crippen LogP contribution in [0.1, 0.15) is 17.4 Å². The molecule has 0 spiro atoms. The molecular formula is C19H20N4O3. The highest BCUT2D eigenvalue weighted by Crippen LogP contribution is 2.23. The van der Waals surface area contributed by atoms with Crippen LogP contribution in [-0.2, 0) is 4.79 Å². The molecule has 7 nitrogen and oxygen atoms in total. The van der Waals surface area contributed by atoms with Crippen molar-refractivity contribution in [3.63, 3.8) is 0 Å². The first-order chi connectivity index (χ1) is 12.6. The van der Waals surface area contributed by atoms with Crippen LogP contribution in [0.4, 0.5) is 5.69 Å². The fraction of sp³-hybridized carbons (Fsp3) is 0.211. The summed E-state index contributed by atoms with van der Waals surface area (Å²) in [6.07, 6.45) is 0. The molecule has 2 N–H and O–H groups in total. The molecule has 7 heteroatoms. The summed E-state index contributed by atoms with van der Waals surface area (Å²) in [4.78, 5) is 26.7. The van der Waals surface area contributed by atoms with Crippen LogP contribution < -0.4 is 10.1 Å². The molecule has 1 aromatic heterocycles. The van der Waals surface area contributed by atoms with Crippen LogP contribution in [0.3, 0.4) is 0 Å². The third kappa shape index (κ3) is 3.51. The minimum atomic E-state index is -0.301. The lowest BCUT2D eigenvalue weighted by atomic mass is 10.2. The van der Waals surface area contributed by atoms with E-state index in [0.717, 1.165) is 10.9 Å². The number of fused-ring (bicyclic) bond motifs is 1. The first kappa shape index (κ1) is 17.5. The molecule has 0 aliphatic carbocycles. The Kier molecular flexibility index (Phi) is 5.17. The van der Waals surface area contributed by atoms with Gasteiger partial charge in [-0.1, -0.05) is 30.3 Å². The summed E-state index contributed by atoms with van der Waals surface area (Å²) >= 11 is 0. The average Bonchev–Trinajstić information content (AvgIpc) is 3.10. The van der Waals surface area contributed by atoms with Crippen molar-refractivity contribution in [1.82, 2.24) is 15.1 Å². The number of nitrogens with one attached hydrogen (secondary N) is 2. The minimum Gasteiger partial charge on any atom is -0.495 e. The zero-order valence-corrected chi connectivity index (χ0v) is 14.7. The molecule has 26 heavy (non-hydrogen) atoms. The number of para-hydroxylation sites is 3. The summed E-state index contributed by atoms with van der Waals surface area (Å²) in [5, 5.41) is 10.5. The molecule has 0 atom stereocenters. The molecule has 0 saturated heterocycles. The Morgan fingerprint density at radius 3 is 2.65 bits per heavy atom. The number of methoxy groups -OCH3 is 1. The molecule has 0 unspecified atom stereocenters. The molecule has 0 saturated carbocycles. The minimum absolute atomic E-state index is 0.0748. The van der Waals surface area contributed by atoms with E-state index in [1.807, 2.05) is 37.3 Å². The SMILES string of the molecule is CCN(CC(=O)Nc1ccccc1OC)C(=O)c1n[nH]c2ccccc12. The zero-order chi connectivity index (χ0) is 18.5. The van der Waals surface area contributed by atoms with Gasteiger partial charge in [0.05, 0.1) is 18.3 Å². The summed E-state index contributed by atoms with van der Waals surface area (Å²) < 4.78 is 5.22.